The Balaban J connectivity index is 1.57. The number of methoxy groups -OCH3 is 2. The molecule has 4 rings (SSSR count). The van der Waals surface area contributed by atoms with Crippen molar-refractivity contribution in [2.45, 2.75) is 38.8 Å². The molecule has 0 atom stereocenters. The van der Waals surface area contributed by atoms with E-state index in [1.54, 1.807) is 19.2 Å². The second-order valence-corrected chi connectivity index (χ2v) is 8.27. The molecule has 1 fully saturated rings. The van der Waals surface area contributed by atoms with Crippen LogP contribution in [0.1, 0.15) is 26.7 Å². The number of H-pyrrole nitrogens is 1. The second kappa shape index (κ2) is 8.98. The molecular weight excluding hydrogens is 392 g/mol. The van der Waals surface area contributed by atoms with Gasteiger partial charge in [-0.25, -0.2) is 4.98 Å². The van der Waals surface area contributed by atoms with E-state index >= 15 is 0 Å². The fourth-order valence-electron chi connectivity index (χ4n) is 4.23. The van der Waals surface area contributed by atoms with Crippen molar-refractivity contribution in [2.24, 2.45) is 0 Å². The fourth-order valence-corrected chi connectivity index (χ4v) is 4.23. The minimum absolute atomic E-state index is 0.233. The lowest BCUT2D eigenvalue weighted by Gasteiger charge is -2.35. The van der Waals surface area contributed by atoms with Gasteiger partial charge in [-0.05, 0) is 37.1 Å². The molecule has 3 aromatic rings. The van der Waals surface area contributed by atoms with E-state index in [9.17, 15) is 4.79 Å². The number of nitrogens with one attached hydrogen (secondary N) is 2. The average Bonchev–Trinajstić information content (AvgIpc) is 2.78. The highest BCUT2D eigenvalue weighted by Gasteiger charge is 2.20. The van der Waals surface area contributed by atoms with Gasteiger partial charge in [0.1, 0.15) is 22.7 Å². The van der Waals surface area contributed by atoms with Crippen LogP contribution in [0.3, 0.4) is 0 Å². The van der Waals surface area contributed by atoms with E-state index in [1.165, 1.54) is 12.8 Å². The summed E-state index contributed by atoms with van der Waals surface area (Å²) < 4.78 is 10.7. The number of hydrogen-bond acceptors (Lipinski definition) is 6. The largest absolute Gasteiger partial charge is 0.497 e. The van der Waals surface area contributed by atoms with E-state index in [2.05, 4.69) is 46.2 Å². The highest BCUT2D eigenvalue weighted by Crippen LogP contribution is 2.29. The maximum absolute atomic E-state index is 12.7. The number of rotatable bonds is 6. The summed E-state index contributed by atoms with van der Waals surface area (Å²) in [6.07, 6.45) is 2.28. The maximum Gasteiger partial charge on any atom is 0.262 e. The van der Waals surface area contributed by atoms with Gasteiger partial charge in [0.2, 0.25) is 0 Å². The zero-order valence-electron chi connectivity index (χ0n) is 18.6. The molecule has 0 radical (unpaired) electrons. The van der Waals surface area contributed by atoms with E-state index in [-0.39, 0.29) is 5.56 Å². The summed E-state index contributed by atoms with van der Waals surface area (Å²) in [6.45, 7) is 6.47. The van der Waals surface area contributed by atoms with Crippen LogP contribution in [0.2, 0.25) is 0 Å². The molecule has 0 unspecified atom stereocenters. The lowest BCUT2D eigenvalue weighted by atomic mass is 10.0. The van der Waals surface area contributed by atoms with E-state index in [4.69, 9.17) is 9.47 Å². The van der Waals surface area contributed by atoms with Crippen molar-refractivity contribution < 1.29 is 9.47 Å². The number of ether oxygens (including phenoxy) is 2. The van der Waals surface area contributed by atoms with Crippen LogP contribution in [0.5, 0.6) is 11.5 Å². The van der Waals surface area contributed by atoms with Crippen LogP contribution in [0, 0.1) is 0 Å². The van der Waals surface area contributed by atoms with Gasteiger partial charge >= 0.3 is 0 Å². The summed E-state index contributed by atoms with van der Waals surface area (Å²) in [5.41, 5.74) is 2.36. The maximum atomic E-state index is 12.7. The van der Waals surface area contributed by atoms with Crippen molar-refractivity contribution in [3.8, 4) is 22.9 Å². The van der Waals surface area contributed by atoms with Gasteiger partial charge in [-0.15, -0.1) is 0 Å². The molecule has 7 heteroatoms. The topological polar surface area (TPSA) is 79.5 Å². The van der Waals surface area contributed by atoms with Gasteiger partial charge in [0, 0.05) is 48.6 Å². The molecule has 2 N–H and O–H groups in total. The predicted molar refractivity (Wildman–Crippen MR) is 124 cm³/mol. The van der Waals surface area contributed by atoms with Crippen molar-refractivity contribution in [3.63, 3.8) is 0 Å². The molecule has 1 aromatic heterocycles. The number of nitrogens with zero attached hydrogens (tertiary/aromatic N) is 2. The summed E-state index contributed by atoms with van der Waals surface area (Å²) in [6, 6.07) is 12.8. The molecule has 0 aliphatic carbocycles. The van der Waals surface area contributed by atoms with Gasteiger partial charge < -0.3 is 24.7 Å². The standard InChI is InChI=1S/C24H30N4O3/c1-15(2)25-17-9-11-28(12-10-17)18-7-5-16(6-8-18)23-26-20-13-19(30-3)14-21(31-4)22(20)24(29)27-23/h5-8,13-15,17,25H,9-12H2,1-4H3,(H,26,27,29). The Morgan fingerprint density at radius 1 is 1.10 bits per heavy atom. The Morgan fingerprint density at radius 2 is 1.81 bits per heavy atom. The fraction of sp³-hybridized carbons (Fsp3) is 0.417. The number of aromatic nitrogens is 2. The molecule has 1 saturated heterocycles. The molecule has 0 bridgehead atoms. The Hall–Kier alpha value is -3.06. The van der Waals surface area contributed by atoms with Crippen molar-refractivity contribution in [3.05, 3.63) is 46.8 Å². The van der Waals surface area contributed by atoms with Gasteiger partial charge in [-0.1, -0.05) is 13.8 Å². The van der Waals surface area contributed by atoms with E-state index < -0.39 is 0 Å². The molecule has 2 aromatic carbocycles. The zero-order valence-corrected chi connectivity index (χ0v) is 18.6. The number of aromatic amines is 1. The van der Waals surface area contributed by atoms with Gasteiger partial charge in [-0.2, -0.15) is 0 Å². The minimum atomic E-state index is -0.233. The van der Waals surface area contributed by atoms with Crippen LogP contribution < -0.4 is 25.2 Å². The van der Waals surface area contributed by atoms with Crippen LogP contribution >= 0.6 is 0 Å². The van der Waals surface area contributed by atoms with Crippen LogP contribution in [0.25, 0.3) is 22.3 Å². The zero-order chi connectivity index (χ0) is 22.0. The molecule has 0 spiro atoms. The summed E-state index contributed by atoms with van der Waals surface area (Å²) in [5, 5.41) is 4.05. The molecule has 2 heterocycles. The van der Waals surface area contributed by atoms with Crippen LogP contribution in [-0.2, 0) is 0 Å². The van der Waals surface area contributed by atoms with Crippen LogP contribution in [0.15, 0.2) is 41.2 Å². The van der Waals surface area contributed by atoms with E-state index in [0.29, 0.717) is 40.3 Å². The van der Waals surface area contributed by atoms with Crippen LogP contribution in [-0.4, -0.2) is 49.4 Å². The molecule has 164 valence electrons. The van der Waals surface area contributed by atoms with Crippen LogP contribution in [0.4, 0.5) is 5.69 Å². The quantitative estimate of drug-likeness (QED) is 0.632. The lowest BCUT2D eigenvalue weighted by molar-refractivity contribution is 0.387. The first-order valence-corrected chi connectivity index (χ1v) is 10.8. The summed E-state index contributed by atoms with van der Waals surface area (Å²) in [5.74, 6) is 1.57. The molecule has 1 aliphatic heterocycles. The second-order valence-electron chi connectivity index (χ2n) is 8.27. The van der Waals surface area contributed by atoms with Crippen molar-refractivity contribution in [1.82, 2.24) is 15.3 Å². The Kier molecular flexibility index (Phi) is 6.13. The molecule has 0 saturated carbocycles. The first kappa shape index (κ1) is 21.2. The average molecular weight is 423 g/mol. The Labute approximate surface area is 182 Å². The summed E-state index contributed by atoms with van der Waals surface area (Å²) >= 11 is 0. The number of piperidine rings is 1. The Morgan fingerprint density at radius 3 is 2.42 bits per heavy atom. The summed E-state index contributed by atoms with van der Waals surface area (Å²) in [4.78, 5) is 22.7. The van der Waals surface area contributed by atoms with Gasteiger partial charge in [-0.3, -0.25) is 4.79 Å². The number of hydrogen-bond donors (Lipinski definition) is 2. The molecule has 7 nitrogen and oxygen atoms in total. The molecule has 0 amide bonds. The highest BCUT2D eigenvalue weighted by molar-refractivity contribution is 5.87. The SMILES string of the molecule is COc1cc(OC)c2c(=O)[nH]c(-c3ccc(N4CCC(NC(C)C)CC4)cc3)nc2c1. The predicted octanol–water partition coefficient (Wildman–Crippen LogP) is 3.57. The third-order valence-corrected chi connectivity index (χ3v) is 5.77. The Bertz CT molecular complexity index is 1100. The third kappa shape index (κ3) is 4.51. The first-order chi connectivity index (χ1) is 15.0. The molecule has 1 aliphatic rings. The molecule has 31 heavy (non-hydrogen) atoms. The van der Waals surface area contributed by atoms with Gasteiger partial charge in [0.25, 0.3) is 5.56 Å². The summed E-state index contributed by atoms with van der Waals surface area (Å²) in [7, 11) is 3.11. The minimum Gasteiger partial charge on any atom is -0.497 e. The van der Waals surface area contributed by atoms with E-state index in [1.807, 2.05) is 12.1 Å². The number of fused-ring (bicyclic) bond motifs is 1. The van der Waals surface area contributed by atoms with E-state index in [0.717, 1.165) is 31.5 Å². The van der Waals surface area contributed by atoms with Crippen molar-refractivity contribution >= 4 is 16.6 Å². The van der Waals surface area contributed by atoms with Gasteiger partial charge in [0.15, 0.2) is 0 Å². The van der Waals surface area contributed by atoms with Crippen molar-refractivity contribution in [1.29, 1.82) is 0 Å². The van der Waals surface area contributed by atoms with Gasteiger partial charge in [0.05, 0.1) is 19.7 Å². The highest BCUT2D eigenvalue weighted by atomic mass is 16.5. The van der Waals surface area contributed by atoms with Crippen molar-refractivity contribution in [2.75, 3.05) is 32.2 Å². The first-order valence-electron chi connectivity index (χ1n) is 10.8. The normalized spacial score (nSPS) is 14.9. The molecular formula is C24H30N4O3. The number of benzene rings is 2. The lowest BCUT2D eigenvalue weighted by Crippen LogP contribution is -2.44. The smallest absolute Gasteiger partial charge is 0.262 e. The third-order valence-electron chi connectivity index (χ3n) is 5.77. The monoisotopic (exact) mass is 422 g/mol. The number of anilines is 1.